The molecular weight excluding hydrogens is 262 g/mol. The summed E-state index contributed by atoms with van der Waals surface area (Å²) in [5.74, 6) is -0.781. The average Bonchev–Trinajstić information content (AvgIpc) is 2.82. The Morgan fingerprint density at radius 2 is 2.06 bits per heavy atom. The smallest absolute Gasteiger partial charge is 0.211 e. The van der Waals surface area contributed by atoms with Crippen LogP contribution in [0.4, 0.5) is 8.78 Å². The molecule has 2 rings (SSSR count). The third-order valence-corrected chi connectivity index (χ3v) is 2.89. The van der Waals surface area contributed by atoms with Crippen LogP contribution in [0.1, 0.15) is 18.9 Å². The fraction of sp³-hybridized carbons (Fsp3) is 0.250. The highest BCUT2D eigenvalue weighted by atomic mass is 35.5. The van der Waals surface area contributed by atoms with Gasteiger partial charge in [-0.15, -0.1) is 0 Å². The van der Waals surface area contributed by atoms with Gasteiger partial charge in [-0.1, -0.05) is 11.6 Å². The number of oxazole rings is 1. The average molecular weight is 273 g/mol. The molecule has 18 heavy (non-hydrogen) atoms. The second-order valence-electron chi connectivity index (χ2n) is 3.82. The molecule has 1 N–H and O–H groups in total. The minimum atomic E-state index is -0.701. The van der Waals surface area contributed by atoms with Crippen LogP contribution in [-0.4, -0.2) is 12.0 Å². The van der Waals surface area contributed by atoms with Gasteiger partial charge in [-0.05, 0) is 26.1 Å². The Balaban J connectivity index is 2.43. The van der Waals surface area contributed by atoms with E-state index in [0.29, 0.717) is 5.89 Å². The van der Waals surface area contributed by atoms with Crippen molar-refractivity contribution in [1.29, 1.82) is 0 Å². The molecule has 1 aromatic heterocycles. The summed E-state index contributed by atoms with van der Waals surface area (Å²) in [5.41, 5.74) is -0.000969. The Hall–Kier alpha value is -1.46. The largest absolute Gasteiger partial charge is 0.439 e. The minimum Gasteiger partial charge on any atom is -0.439 e. The molecule has 0 saturated heterocycles. The number of benzene rings is 1. The van der Waals surface area contributed by atoms with Crippen LogP contribution in [0.2, 0.25) is 5.02 Å². The van der Waals surface area contributed by atoms with E-state index in [1.807, 2.05) is 6.92 Å². The van der Waals surface area contributed by atoms with Crippen LogP contribution in [0.3, 0.4) is 0 Å². The van der Waals surface area contributed by atoms with Gasteiger partial charge >= 0.3 is 0 Å². The number of nitrogens with zero attached hydrogens (tertiary/aromatic N) is 1. The van der Waals surface area contributed by atoms with E-state index in [-0.39, 0.29) is 22.4 Å². The normalized spacial score (nSPS) is 12.7. The fourth-order valence-electron chi connectivity index (χ4n) is 1.45. The van der Waals surface area contributed by atoms with Crippen molar-refractivity contribution in [2.45, 2.75) is 13.0 Å². The maximum absolute atomic E-state index is 13.7. The van der Waals surface area contributed by atoms with E-state index in [0.717, 1.165) is 12.1 Å². The monoisotopic (exact) mass is 272 g/mol. The SMILES string of the molecule is CNC(C)c1ncc(-c2cc(F)c(Cl)cc2F)o1. The van der Waals surface area contributed by atoms with E-state index in [2.05, 4.69) is 10.3 Å². The summed E-state index contributed by atoms with van der Waals surface area (Å²) in [6.07, 6.45) is 1.36. The maximum atomic E-state index is 13.7. The van der Waals surface area contributed by atoms with Crippen molar-refractivity contribution in [1.82, 2.24) is 10.3 Å². The Morgan fingerprint density at radius 3 is 2.72 bits per heavy atom. The van der Waals surface area contributed by atoms with Crippen LogP contribution in [0, 0.1) is 11.6 Å². The number of rotatable bonds is 3. The number of halogens is 3. The van der Waals surface area contributed by atoms with E-state index >= 15 is 0 Å². The number of nitrogens with one attached hydrogen (secondary N) is 1. The lowest BCUT2D eigenvalue weighted by molar-refractivity contribution is 0.439. The van der Waals surface area contributed by atoms with Gasteiger partial charge in [-0.25, -0.2) is 13.8 Å². The number of hydrogen-bond donors (Lipinski definition) is 1. The van der Waals surface area contributed by atoms with Crippen molar-refractivity contribution >= 4 is 11.6 Å². The van der Waals surface area contributed by atoms with Gasteiger partial charge in [0.15, 0.2) is 5.76 Å². The van der Waals surface area contributed by atoms with Crippen molar-refractivity contribution in [3.05, 3.63) is 40.9 Å². The zero-order chi connectivity index (χ0) is 13.3. The molecule has 6 heteroatoms. The van der Waals surface area contributed by atoms with E-state index in [1.165, 1.54) is 6.20 Å². The van der Waals surface area contributed by atoms with Crippen molar-refractivity contribution in [3.8, 4) is 11.3 Å². The Morgan fingerprint density at radius 1 is 1.33 bits per heavy atom. The molecule has 0 amide bonds. The summed E-state index contributed by atoms with van der Waals surface area (Å²) >= 11 is 5.48. The fourth-order valence-corrected chi connectivity index (χ4v) is 1.60. The lowest BCUT2D eigenvalue weighted by atomic mass is 10.1. The summed E-state index contributed by atoms with van der Waals surface area (Å²) in [6.45, 7) is 1.84. The molecule has 2 aromatic rings. The highest BCUT2D eigenvalue weighted by molar-refractivity contribution is 6.30. The molecular formula is C12H11ClF2N2O. The Bertz CT molecular complexity index is 571. The van der Waals surface area contributed by atoms with Crippen LogP contribution in [0.5, 0.6) is 0 Å². The summed E-state index contributed by atoms with van der Waals surface area (Å²) < 4.78 is 32.3. The summed E-state index contributed by atoms with van der Waals surface area (Å²) in [7, 11) is 1.75. The van der Waals surface area contributed by atoms with Crippen molar-refractivity contribution in [3.63, 3.8) is 0 Å². The first-order valence-electron chi connectivity index (χ1n) is 5.31. The van der Waals surface area contributed by atoms with Crippen LogP contribution in [-0.2, 0) is 0 Å². The molecule has 1 heterocycles. The topological polar surface area (TPSA) is 38.1 Å². The third-order valence-electron chi connectivity index (χ3n) is 2.60. The van der Waals surface area contributed by atoms with Crippen LogP contribution in [0.25, 0.3) is 11.3 Å². The van der Waals surface area contributed by atoms with E-state index in [4.69, 9.17) is 16.0 Å². The molecule has 0 bridgehead atoms. The van der Waals surface area contributed by atoms with Gasteiger partial charge in [-0.2, -0.15) is 0 Å². The predicted octanol–water partition coefficient (Wildman–Crippen LogP) is 3.55. The number of hydrogen-bond acceptors (Lipinski definition) is 3. The Labute approximate surface area is 108 Å². The highest BCUT2D eigenvalue weighted by Gasteiger charge is 2.16. The third kappa shape index (κ3) is 2.37. The zero-order valence-corrected chi connectivity index (χ0v) is 10.6. The first kappa shape index (κ1) is 13.0. The zero-order valence-electron chi connectivity index (χ0n) is 9.80. The summed E-state index contributed by atoms with van der Waals surface area (Å²) in [5, 5.41) is 2.67. The van der Waals surface area contributed by atoms with E-state index in [1.54, 1.807) is 7.05 Å². The lowest BCUT2D eigenvalue weighted by Gasteiger charge is -2.04. The van der Waals surface area contributed by atoms with Gasteiger partial charge in [0, 0.05) is 0 Å². The molecule has 0 aliphatic heterocycles. The molecule has 0 fully saturated rings. The Kier molecular flexibility index (Phi) is 3.63. The van der Waals surface area contributed by atoms with E-state index < -0.39 is 11.6 Å². The number of aromatic nitrogens is 1. The molecule has 1 unspecified atom stereocenters. The van der Waals surface area contributed by atoms with Gasteiger partial charge in [0.05, 0.1) is 22.8 Å². The minimum absolute atomic E-state index is 0.000969. The standard InChI is InChI=1S/C12H11ClF2N2O/c1-6(16-2)12-17-5-11(18-12)7-3-10(15)8(13)4-9(7)14/h3-6,16H,1-2H3. The van der Waals surface area contributed by atoms with Gasteiger partial charge in [0.2, 0.25) is 5.89 Å². The van der Waals surface area contributed by atoms with Gasteiger partial charge < -0.3 is 9.73 Å². The maximum Gasteiger partial charge on any atom is 0.211 e. The van der Waals surface area contributed by atoms with Gasteiger partial charge in [-0.3, -0.25) is 0 Å². The van der Waals surface area contributed by atoms with Crippen molar-refractivity contribution < 1.29 is 13.2 Å². The highest BCUT2D eigenvalue weighted by Crippen LogP contribution is 2.29. The second-order valence-corrected chi connectivity index (χ2v) is 4.23. The lowest BCUT2D eigenvalue weighted by Crippen LogP contribution is -2.12. The molecule has 1 aromatic carbocycles. The molecule has 0 spiro atoms. The molecule has 0 saturated carbocycles. The molecule has 1 atom stereocenters. The summed E-state index contributed by atoms with van der Waals surface area (Å²) in [4.78, 5) is 4.01. The van der Waals surface area contributed by atoms with Crippen molar-refractivity contribution in [2.75, 3.05) is 7.05 Å². The molecule has 0 aliphatic carbocycles. The quantitative estimate of drug-likeness (QED) is 0.869. The summed E-state index contributed by atoms with van der Waals surface area (Å²) in [6, 6.07) is 1.79. The molecule has 96 valence electrons. The van der Waals surface area contributed by atoms with Crippen LogP contribution < -0.4 is 5.32 Å². The molecule has 3 nitrogen and oxygen atoms in total. The molecule has 0 radical (unpaired) electrons. The predicted molar refractivity (Wildman–Crippen MR) is 64.3 cm³/mol. The van der Waals surface area contributed by atoms with Crippen LogP contribution >= 0.6 is 11.6 Å². The van der Waals surface area contributed by atoms with Crippen molar-refractivity contribution in [2.24, 2.45) is 0 Å². The van der Waals surface area contributed by atoms with Gasteiger partial charge in [0.25, 0.3) is 0 Å². The van der Waals surface area contributed by atoms with E-state index in [9.17, 15) is 8.78 Å². The van der Waals surface area contributed by atoms with Gasteiger partial charge in [0.1, 0.15) is 11.6 Å². The first-order valence-corrected chi connectivity index (χ1v) is 5.68. The molecule has 0 aliphatic rings. The first-order chi connectivity index (χ1) is 8.52. The van der Waals surface area contributed by atoms with Crippen LogP contribution in [0.15, 0.2) is 22.7 Å². The second kappa shape index (κ2) is 5.04.